The molecular formula is C22H21FN2O2S2. The molecule has 0 bridgehead atoms. The van der Waals surface area contributed by atoms with E-state index in [-0.39, 0.29) is 17.4 Å². The zero-order valence-electron chi connectivity index (χ0n) is 16.6. The van der Waals surface area contributed by atoms with Crippen LogP contribution in [0.4, 0.5) is 4.39 Å². The molecule has 0 aliphatic carbocycles. The van der Waals surface area contributed by atoms with Crippen LogP contribution in [0.2, 0.25) is 0 Å². The van der Waals surface area contributed by atoms with Crippen molar-refractivity contribution in [3.05, 3.63) is 47.3 Å². The molecule has 150 valence electrons. The fraction of sp³-hybridized carbons (Fsp3) is 0.318. The minimum absolute atomic E-state index is 0.0101. The van der Waals surface area contributed by atoms with Crippen molar-refractivity contribution in [1.29, 1.82) is 5.41 Å². The van der Waals surface area contributed by atoms with Crippen LogP contribution in [0.3, 0.4) is 0 Å². The van der Waals surface area contributed by atoms with E-state index in [4.69, 9.17) is 5.41 Å². The van der Waals surface area contributed by atoms with Crippen LogP contribution in [0.1, 0.15) is 38.8 Å². The van der Waals surface area contributed by atoms with Gasteiger partial charge in [0.1, 0.15) is 16.4 Å². The zero-order valence-corrected chi connectivity index (χ0v) is 18.2. The monoisotopic (exact) mass is 428 g/mol. The topological polar surface area (TPSA) is 70.0 Å². The first-order valence-corrected chi connectivity index (χ1v) is 11.6. The Morgan fingerprint density at radius 3 is 2.48 bits per heavy atom. The highest BCUT2D eigenvalue weighted by Crippen LogP contribution is 2.39. The molecule has 0 amide bonds. The lowest BCUT2D eigenvalue weighted by Crippen LogP contribution is -2.63. The molecule has 4 nitrogen and oxygen atoms in total. The second-order valence-electron chi connectivity index (χ2n) is 8.12. The Morgan fingerprint density at radius 2 is 1.83 bits per heavy atom. The Labute approximate surface area is 173 Å². The number of thiophene rings is 1. The molecule has 0 radical (unpaired) electrons. The predicted molar refractivity (Wildman–Crippen MR) is 118 cm³/mol. The lowest BCUT2D eigenvalue weighted by molar-refractivity contribution is 0.443. The minimum atomic E-state index is -3.52. The number of rotatable bonds is 1. The van der Waals surface area contributed by atoms with Crippen molar-refractivity contribution >= 4 is 47.2 Å². The first kappa shape index (κ1) is 19.9. The molecule has 2 heterocycles. The second kappa shape index (κ2) is 6.28. The Morgan fingerprint density at radius 1 is 1.14 bits per heavy atom. The minimum Gasteiger partial charge on any atom is -0.362 e. The van der Waals surface area contributed by atoms with E-state index in [1.54, 1.807) is 33.8 Å². The molecule has 2 aromatic carbocycles. The Bertz CT molecular complexity index is 1360. The van der Waals surface area contributed by atoms with E-state index >= 15 is 0 Å². The van der Waals surface area contributed by atoms with Crippen LogP contribution in [-0.4, -0.2) is 24.8 Å². The quantitative estimate of drug-likeness (QED) is 0.559. The van der Waals surface area contributed by atoms with Crippen molar-refractivity contribution in [3.8, 4) is 11.8 Å². The third-order valence-electron chi connectivity index (χ3n) is 5.71. The van der Waals surface area contributed by atoms with Gasteiger partial charge in [0.25, 0.3) is 0 Å². The Kier molecular flexibility index (Phi) is 4.30. The summed E-state index contributed by atoms with van der Waals surface area (Å²) in [5, 5.41) is 13.2. The number of hydrogen-bond acceptors (Lipinski definition) is 4. The van der Waals surface area contributed by atoms with Crippen LogP contribution in [-0.2, 0) is 15.4 Å². The van der Waals surface area contributed by atoms with Gasteiger partial charge < -0.3 is 5.32 Å². The molecule has 0 saturated carbocycles. The highest BCUT2D eigenvalue weighted by atomic mass is 32.2. The maximum Gasteiger partial charge on any atom is 0.165 e. The molecule has 1 atom stereocenters. The summed E-state index contributed by atoms with van der Waals surface area (Å²) in [6.45, 7) is 6.58. The van der Waals surface area contributed by atoms with Crippen molar-refractivity contribution in [1.82, 2.24) is 5.32 Å². The Hall–Kier alpha value is -2.43. The number of fused-ring (bicyclic) bond motifs is 3. The van der Waals surface area contributed by atoms with Crippen LogP contribution in [0.25, 0.3) is 20.2 Å². The zero-order chi connectivity index (χ0) is 21.2. The predicted octanol–water partition coefficient (Wildman–Crippen LogP) is 4.55. The van der Waals surface area contributed by atoms with Gasteiger partial charge in [-0.25, -0.2) is 12.8 Å². The van der Waals surface area contributed by atoms with E-state index in [1.807, 2.05) is 18.2 Å². The van der Waals surface area contributed by atoms with Gasteiger partial charge in [-0.2, -0.15) is 0 Å². The van der Waals surface area contributed by atoms with Crippen LogP contribution in [0.5, 0.6) is 0 Å². The largest absolute Gasteiger partial charge is 0.362 e. The molecule has 0 unspecified atom stereocenters. The molecule has 29 heavy (non-hydrogen) atoms. The molecule has 1 aliphatic rings. The average molecular weight is 429 g/mol. The van der Waals surface area contributed by atoms with Crippen LogP contribution >= 0.6 is 11.3 Å². The number of hydrogen-bond donors (Lipinski definition) is 2. The molecule has 7 heteroatoms. The summed E-state index contributed by atoms with van der Waals surface area (Å²) in [5.74, 6) is 5.06. The smallest absolute Gasteiger partial charge is 0.165 e. The summed E-state index contributed by atoms with van der Waals surface area (Å²) >= 11 is 1.49. The van der Waals surface area contributed by atoms with Crippen molar-refractivity contribution in [2.45, 2.75) is 38.0 Å². The van der Waals surface area contributed by atoms with Gasteiger partial charge >= 0.3 is 0 Å². The summed E-state index contributed by atoms with van der Waals surface area (Å²) in [7, 11) is -3.52. The van der Waals surface area contributed by atoms with E-state index in [9.17, 15) is 12.8 Å². The van der Waals surface area contributed by atoms with Gasteiger partial charge in [0.15, 0.2) is 9.84 Å². The van der Waals surface area contributed by atoms with Crippen molar-refractivity contribution in [2.24, 2.45) is 0 Å². The van der Waals surface area contributed by atoms with Crippen molar-refractivity contribution in [3.63, 3.8) is 0 Å². The number of benzene rings is 2. The normalized spacial score (nSPS) is 22.9. The number of amidine groups is 1. The van der Waals surface area contributed by atoms with Crippen LogP contribution in [0, 0.1) is 23.1 Å². The highest BCUT2D eigenvalue weighted by molar-refractivity contribution is 7.93. The molecule has 0 spiro atoms. The van der Waals surface area contributed by atoms with E-state index in [2.05, 4.69) is 17.2 Å². The van der Waals surface area contributed by atoms with Gasteiger partial charge in [0, 0.05) is 20.2 Å². The molecule has 1 aromatic heterocycles. The fourth-order valence-electron chi connectivity index (χ4n) is 3.71. The van der Waals surface area contributed by atoms with Gasteiger partial charge in [-0.1, -0.05) is 12.0 Å². The summed E-state index contributed by atoms with van der Waals surface area (Å²) in [6.07, 6.45) is 0. The number of halogens is 1. The standard InChI is InChI=1S/C22H21FN2O2S2/c1-5-6-13-9-15-16-10-14(7-8-18(16)28-19(15)11-17(13)23)22(4)12-29(26,27)21(2,3)20(24)25-22/h7-11H,12H2,1-4H3,(H2,24,25)/t22-/m0/s1. The summed E-state index contributed by atoms with van der Waals surface area (Å²) in [5.41, 5.74) is 0.208. The maximum atomic E-state index is 14.3. The van der Waals surface area contributed by atoms with Gasteiger partial charge in [-0.05, 0) is 57.5 Å². The van der Waals surface area contributed by atoms with E-state index < -0.39 is 20.1 Å². The summed E-state index contributed by atoms with van der Waals surface area (Å²) in [6, 6.07) is 9.02. The number of sulfone groups is 1. The average Bonchev–Trinajstić information content (AvgIpc) is 2.97. The van der Waals surface area contributed by atoms with Gasteiger partial charge in [-0.3, -0.25) is 5.41 Å². The van der Waals surface area contributed by atoms with Crippen LogP contribution < -0.4 is 5.32 Å². The van der Waals surface area contributed by atoms with Gasteiger partial charge in [-0.15, -0.1) is 17.3 Å². The van der Waals surface area contributed by atoms with Crippen LogP contribution in [0.15, 0.2) is 30.3 Å². The van der Waals surface area contributed by atoms with Gasteiger partial charge in [0.2, 0.25) is 0 Å². The molecular weight excluding hydrogens is 407 g/mol. The third-order valence-corrected chi connectivity index (χ3v) is 9.56. The molecule has 2 N–H and O–H groups in total. The molecule has 1 saturated heterocycles. The molecule has 1 aliphatic heterocycles. The molecule has 3 aromatic rings. The van der Waals surface area contributed by atoms with Crippen molar-refractivity contribution in [2.75, 3.05) is 5.75 Å². The Balaban J connectivity index is 1.91. The molecule has 4 rings (SSSR count). The van der Waals surface area contributed by atoms with Crippen molar-refractivity contribution < 1.29 is 12.8 Å². The summed E-state index contributed by atoms with van der Waals surface area (Å²) < 4.78 is 40.5. The lowest BCUT2D eigenvalue weighted by Gasteiger charge is -2.43. The maximum absolute atomic E-state index is 14.3. The highest BCUT2D eigenvalue weighted by Gasteiger charge is 2.50. The lowest BCUT2D eigenvalue weighted by atomic mass is 9.91. The summed E-state index contributed by atoms with van der Waals surface area (Å²) in [4.78, 5) is 0. The number of nitrogens with one attached hydrogen (secondary N) is 2. The molecule has 1 fully saturated rings. The fourth-order valence-corrected chi connectivity index (χ4v) is 6.52. The SMILES string of the molecule is CC#Cc1cc2c(cc1F)sc1ccc([C@]3(C)CS(=O)(=O)C(C)(C)C(=N)N3)cc12. The van der Waals surface area contributed by atoms with Gasteiger partial charge in [0.05, 0.1) is 16.9 Å². The second-order valence-corrected chi connectivity index (χ2v) is 11.7. The van der Waals surface area contributed by atoms with E-state index in [0.29, 0.717) is 5.56 Å². The van der Waals surface area contributed by atoms with E-state index in [0.717, 1.165) is 25.7 Å². The first-order valence-electron chi connectivity index (χ1n) is 9.17. The van der Waals surface area contributed by atoms with E-state index in [1.165, 1.54) is 17.4 Å². The first-order chi connectivity index (χ1) is 13.5. The third kappa shape index (κ3) is 2.93.